The fourth-order valence-electron chi connectivity index (χ4n) is 1.85. The van der Waals surface area contributed by atoms with Crippen molar-refractivity contribution in [2.45, 2.75) is 19.8 Å². The minimum Gasteiger partial charge on any atom is -0.384 e. The first-order valence-electron chi connectivity index (χ1n) is 6.47. The smallest absolute Gasteiger partial charge is 0.251 e. The molecule has 3 N–H and O–H groups in total. The fourth-order valence-corrected chi connectivity index (χ4v) is 1.85. The van der Waals surface area contributed by atoms with Crippen LogP contribution in [0.2, 0.25) is 0 Å². The molecule has 0 saturated carbocycles. The highest BCUT2D eigenvalue weighted by Crippen LogP contribution is 2.08. The highest BCUT2D eigenvalue weighted by atomic mass is 16.1. The fraction of sp³-hybridized carbons (Fsp3) is 0.385. The number of carbonyl (C=O) groups excluding carboxylic acids is 1. The third kappa shape index (κ3) is 3.31. The Morgan fingerprint density at radius 2 is 2.25 bits per heavy atom. The normalized spacial score (nSPS) is 10.5. The number of nitrogens with zero attached hydrogens (tertiary/aromatic N) is 4. The molecule has 0 aliphatic rings. The quantitative estimate of drug-likeness (QED) is 0.818. The molecule has 0 aromatic carbocycles. The number of hydrogen-bond donors (Lipinski definition) is 2. The SMILES string of the molecule is CCc1cc(C(=O)NCCc2nncn2C)cc(N)n1. The van der Waals surface area contributed by atoms with E-state index in [9.17, 15) is 4.79 Å². The van der Waals surface area contributed by atoms with Crippen LogP contribution in [-0.2, 0) is 19.9 Å². The Morgan fingerprint density at radius 3 is 2.90 bits per heavy atom. The highest BCUT2D eigenvalue weighted by Gasteiger charge is 2.09. The molecule has 0 unspecified atom stereocenters. The van der Waals surface area contributed by atoms with Crippen LogP contribution in [0.15, 0.2) is 18.5 Å². The van der Waals surface area contributed by atoms with Crippen LogP contribution < -0.4 is 11.1 Å². The number of aromatic nitrogens is 4. The summed E-state index contributed by atoms with van der Waals surface area (Å²) in [6.07, 6.45) is 3.00. The Kier molecular flexibility index (Phi) is 4.29. The van der Waals surface area contributed by atoms with Crippen molar-refractivity contribution in [3.8, 4) is 0 Å². The molecule has 2 heterocycles. The van der Waals surface area contributed by atoms with Crippen molar-refractivity contribution < 1.29 is 4.79 Å². The molecular formula is C13H18N6O. The molecule has 0 fully saturated rings. The Balaban J connectivity index is 1.95. The minimum atomic E-state index is -0.157. The molecule has 106 valence electrons. The Hall–Kier alpha value is -2.44. The van der Waals surface area contributed by atoms with Crippen LogP contribution in [0.25, 0.3) is 0 Å². The zero-order chi connectivity index (χ0) is 14.5. The number of aryl methyl sites for hydroxylation is 2. The van der Waals surface area contributed by atoms with Gasteiger partial charge in [-0.1, -0.05) is 6.92 Å². The molecule has 2 aromatic rings. The molecule has 2 aromatic heterocycles. The number of amides is 1. The second-order valence-corrected chi connectivity index (χ2v) is 4.49. The molecule has 7 heteroatoms. The summed E-state index contributed by atoms with van der Waals surface area (Å²) in [6.45, 7) is 2.46. The van der Waals surface area contributed by atoms with Gasteiger partial charge in [0, 0.05) is 31.3 Å². The lowest BCUT2D eigenvalue weighted by Gasteiger charge is -2.07. The van der Waals surface area contributed by atoms with Gasteiger partial charge in [0.25, 0.3) is 5.91 Å². The van der Waals surface area contributed by atoms with E-state index in [2.05, 4.69) is 20.5 Å². The Labute approximate surface area is 117 Å². The molecule has 1 amide bonds. The average molecular weight is 274 g/mol. The molecular weight excluding hydrogens is 256 g/mol. The van der Waals surface area contributed by atoms with Crippen molar-refractivity contribution in [2.75, 3.05) is 12.3 Å². The van der Waals surface area contributed by atoms with Gasteiger partial charge >= 0.3 is 0 Å². The van der Waals surface area contributed by atoms with Gasteiger partial charge < -0.3 is 15.6 Å². The number of anilines is 1. The first kappa shape index (κ1) is 14.0. The van der Waals surface area contributed by atoms with E-state index in [0.717, 1.165) is 17.9 Å². The predicted molar refractivity (Wildman–Crippen MR) is 75.1 cm³/mol. The molecule has 20 heavy (non-hydrogen) atoms. The summed E-state index contributed by atoms with van der Waals surface area (Å²) in [4.78, 5) is 16.2. The lowest BCUT2D eigenvalue weighted by atomic mass is 10.2. The van der Waals surface area contributed by atoms with Gasteiger partial charge in [0.1, 0.15) is 18.0 Å². The van der Waals surface area contributed by atoms with Crippen LogP contribution in [0.5, 0.6) is 0 Å². The number of nitrogens with one attached hydrogen (secondary N) is 1. The standard InChI is InChI=1S/C13H18N6O/c1-3-10-6-9(7-11(14)17-10)13(20)15-5-4-12-18-16-8-19(12)2/h6-8H,3-5H2,1-2H3,(H2,14,17)(H,15,20). The predicted octanol–water partition coefficient (Wildman–Crippen LogP) is 0.327. The molecule has 0 aliphatic heterocycles. The van der Waals surface area contributed by atoms with Crippen LogP contribution in [-0.4, -0.2) is 32.2 Å². The number of carbonyl (C=O) groups is 1. The number of hydrogen-bond acceptors (Lipinski definition) is 5. The van der Waals surface area contributed by atoms with Crippen LogP contribution in [0.3, 0.4) is 0 Å². The maximum atomic E-state index is 12.0. The Morgan fingerprint density at radius 1 is 1.45 bits per heavy atom. The van der Waals surface area contributed by atoms with E-state index in [0.29, 0.717) is 24.3 Å². The van der Waals surface area contributed by atoms with Gasteiger partial charge in [0.15, 0.2) is 0 Å². The minimum absolute atomic E-state index is 0.157. The number of nitrogens with two attached hydrogens (primary N) is 1. The summed E-state index contributed by atoms with van der Waals surface area (Å²) in [5.41, 5.74) is 7.03. The molecule has 0 aliphatic carbocycles. The number of rotatable bonds is 5. The van der Waals surface area contributed by atoms with E-state index >= 15 is 0 Å². The second kappa shape index (κ2) is 6.14. The van der Waals surface area contributed by atoms with Crippen LogP contribution in [0.4, 0.5) is 5.82 Å². The van der Waals surface area contributed by atoms with Crippen molar-refractivity contribution in [1.29, 1.82) is 0 Å². The zero-order valence-corrected chi connectivity index (χ0v) is 11.6. The molecule has 0 radical (unpaired) electrons. The highest BCUT2D eigenvalue weighted by molar-refractivity contribution is 5.94. The summed E-state index contributed by atoms with van der Waals surface area (Å²) >= 11 is 0. The maximum Gasteiger partial charge on any atom is 0.251 e. The van der Waals surface area contributed by atoms with Crippen molar-refractivity contribution in [1.82, 2.24) is 25.1 Å². The van der Waals surface area contributed by atoms with Gasteiger partial charge in [-0.25, -0.2) is 4.98 Å². The van der Waals surface area contributed by atoms with Crippen molar-refractivity contribution in [2.24, 2.45) is 7.05 Å². The largest absolute Gasteiger partial charge is 0.384 e. The van der Waals surface area contributed by atoms with Crippen LogP contribution in [0, 0.1) is 0 Å². The molecule has 7 nitrogen and oxygen atoms in total. The van der Waals surface area contributed by atoms with E-state index in [1.54, 1.807) is 18.5 Å². The van der Waals surface area contributed by atoms with Gasteiger partial charge in [-0.05, 0) is 18.6 Å². The summed E-state index contributed by atoms with van der Waals surface area (Å²) in [6, 6.07) is 3.34. The van der Waals surface area contributed by atoms with Crippen molar-refractivity contribution in [3.63, 3.8) is 0 Å². The van der Waals surface area contributed by atoms with Gasteiger partial charge in [-0.15, -0.1) is 10.2 Å². The number of pyridine rings is 1. The Bertz CT molecular complexity index is 607. The van der Waals surface area contributed by atoms with Gasteiger partial charge in [0.05, 0.1) is 0 Å². The molecule has 0 spiro atoms. The summed E-state index contributed by atoms with van der Waals surface area (Å²) in [7, 11) is 1.87. The van der Waals surface area contributed by atoms with Gasteiger partial charge in [0.2, 0.25) is 0 Å². The molecule has 2 rings (SSSR count). The molecule has 0 bridgehead atoms. The lowest BCUT2D eigenvalue weighted by molar-refractivity contribution is 0.0953. The topological polar surface area (TPSA) is 98.7 Å². The van der Waals surface area contributed by atoms with E-state index < -0.39 is 0 Å². The monoisotopic (exact) mass is 274 g/mol. The summed E-state index contributed by atoms with van der Waals surface area (Å²) < 4.78 is 1.83. The third-order valence-electron chi connectivity index (χ3n) is 2.96. The van der Waals surface area contributed by atoms with Crippen molar-refractivity contribution >= 4 is 11.7 Å². The summed E-state index contributed by atoms with van der Waals surface area (Å²) in [5, 5.41) is 10.6. The van der Waals surface area contributed by atoms with Gasteiger partial charge in [-0.2, -0.15) is 0 Å². The second-order valence-electron chi connectivity index (χ2n) is 4.49. The van der Waals surface area contributed by atoms with Crippen LogP contribution in [0.1, 0.15) is 28.8 Å². The van der Waals surface area contributed by atoms with E-state index in [4.69, 9.17) is 5.73 Å². The average Bonchev–Trinajstić information content (AvgIpc) is 2.83. The van der Waals surface area contributed by atoms with E-state index in [1.165, 1.54) is 0 Å². The lowest BCUT2D eigenvalue weighted by Crippen LogP contribution is -2.26. The van der Waals surface area contributed by atoms with Crippen LogP contribution >= 0.6 is 0 Å². The molecule has 0 saturated heterocycles. The maximum absolute atomic E-state index is 12.0. The third-order valence-corrected chi connectivity index (χ3v) is 2.96. The van der Waals surface area contributed by atoms with Gasteiger partial charge in [-0.3, -0.25) is 4.79 Å². The van der Waals surface area contributed by atoms with E-state index in [-0.39, 0.29) is 5.91 Å². The first-order chi connectivity index (χ1) is 9.60. The van der Waals surface area contributed by atoms with E-state index in [1.807, 2.05) is 18.5 Å². The zero-order valence-electron chi connectivity index (χ0n) is 11.6. The summed E-state index contributed by atoms with van der Waals surface area (Å²) in [5.74, 6) is 1.03. The molecule has 0 atom stereocenters. The number of nitrogen functional groups attached to an aromatic ring is 1. The van der Waals surface area contributed by atoms with Crippen molar-refractivity contribution in [3.05, 3.63) is 35.5 Å². The first-order valence-corrected chi connectivity index (χ1v) is 6.47.